The number of pyridine rings is 1. The Bertz CT molecular complexity index is 1360. The van der Waals surface area contributed by atoms with Crippen molar-refractivity contribution in [1.29, 1.82) is 0 Å². The van der Waals surface area contributed by atoms with Gasteiger partial charge in [0.15, 0.2) is 0 Å². The van der Waals surface area contributed by atoms with Gasteiger partial charge in [-0.2, -0.15) is 26.3 Å². The zero-order valence-corrected chi connectivity index (χ0v) is 25.8. The Morgan fingerprint density at radius 2 is 1.60 bits per heavy atom. The standard InChI is InChI=1S/C22H27Cl2N7O2.2C2HF3O2/c1-31(18-14-28-22(30-21(18)33)29-19-5-2-3-10-27-19)20(32)8-12-25-9-4-11-26-15-6-7-16(23)17(24)13-15;2*3-2(4,5)1(6)7/h2-3,5-7,10,13,18,25-26H,4,8-9,11-12,14H2,1H3,(H2,27,28,29,30,33);2*(H,6,7). The average Bonchev–Trinajstić information content (AvgIpc) is 2.98. The highest BCUT2D eigenvalue weighted by atomic mass is 35.5. The van der Waals surface area contributed by atoms with Gasteiger partial charge in [0, 0.05) is 38.4 Å². The molecule has 0 saturated heterocycles. The number of benzene rings is 1. The van der Waals surface area contributed by atoms with E-state index in [0.717, 1.165) is 25.2 Å². The number of halogens is 8. The lowest BCUT2D eigenvalue weighted by atomic mass is 10.2. The number of carboxylic acid groups (broad SMARTS) is 2. The van der Waals surface area contributed by atoms with Crippen molar-refractivity contribution in [3.05, 3.63) is 52.6 Å². The van der Waals surface area contributed by atoms with Gasteiger partial charge >= 0.3 is 24.3 Å². The lowest BCUT2D eigenvalue weighted by Crippen LogP contribution is -2.55. The molecule has 0 fully saturated rings. The van der Waals surface area contributed by atoms with Crippen LogP contribution in [0.3, 0.4) is 0 Å². The smallest absolute Gasteiger partial charge is 0.475 e. The van der Waals surface area contributed by atoms with Gasteiger partial charge in [-0.05, 0) is 43.3 Å². The normalized spacial score (nSPS) is 14.2. The van der Waals surface area contributed by atoms with Crippen molar-refractivity contribution in [1.82, 2.24) is 20.5 Å². The van der Waals surface area contributed by atoms with E-state index in [1.807, 2.05) is 12.1 Å². The molecule has 3 rings (SSSR count). The fourth-order valence-electron chi connectivity index (χ4n) is 3.15. The molecule has 1 atom stereocenters. The average molecular weight is 720 g/mol. The van der Waals surface area contributed by atoms with Crippen LogP contribution in [0.4, 0.5) is 37.8 Å². The summed E-state index contributed by atoms with van der Waals surface area (Å²) >= 11 is 11.9. The van der Waals surface area contributed by atoms with Gasteiger partial charge in [0.25, 0.3) is 5.91 Å². The van der Waals surface area contributed by atoms with Crippen LogP contribution in [-0.4, -0.2) is 101 Å². The first-order valence-corrected chi connectivity index (χ1v) is 13.9. The molecule has 1 unspecified atom stereocenters. The molecule has 0 spiro atoms. The first-order valence-electron chi connectivity index (χ1n) is 13.1. The minimum atomic E-state index is -5.08. The van der Waals surface area contributed by atoms with Crippen molar-refractivity contribution in [2.75, 3.05) is 43.9 Å². The summed E-state index contributed by atoms with van der Waals surface area (Å²) in [5, 5.41) is 27.4. The number of carbonyl (C=O) groups is 4. The van der Waals surface area contributed by atoms with Crippen LogP contribution in [0.25, 0.3) is 0 Å². The molecule has 21 heteroatoms. The molecule has 0 aliphatic carbocycles. The fourth-order valence-corrected chi connectivity index (χ4v) is 3.45. The summed E-state index contributed by atoms with van der Waals surface area (Å²) in [7, 11) is 1.63. The number of hydrogen-bond donors (Lipinski definition) is 6. The lowest BCUT2D eigenvalue weighted by molar-refractivity contribution is -0.193. The summed E-state index contributed by atoms with van der Waals surface area (Å²) < 4.78 is 63.5. The number of alkyl halides is 6. The first-order chi connectivity index (χ1) is 21.8. The largest absolute Gasteiger partial charge is 0.490 e. The number of nitrogens with one attached hydrogen (secondary N) is 4. The highest BCUT2D eigenvalue weighted by molar-refractivity contribution is 6.42. The number of carbonyl (C=O) groups excluding carboxylic acids is 2. The highest BCUT2D eigenvalue weighted by Gasteiger charge is 2.39. The van der Waals surface area contributed by atoms with Crippen molar-refractivity contribution in [2.24, 2.45) is 4.99 Å². The maximum Gasteiger partial charge on any atom is 0.490 e. The number of amides is 2. The number of carboxylic acids is 2. The van der Waals surface area contributed by atoms with Crippen molar-refractivity contribution in [3.8, 4) is 0 Å². The van der Waals surface area contributed by atoms with Crippen LogP contribution in [0.5, 0.6) is 0 Å². The van der Waals surface area contributed by atoms with Crippen LogP contribution >= 0.6 is 23.2 Å². The monoisotopic (exact) mass is 719 g/mol. The SMILES string of the molecule is CN(C(=O)CCNCCCNc1ccc(Cl)c(Cl)c1)C1CN=C(Nc2ccccn2)NC1=O.O=C(O)C(F)(F)F.O=C(O)C(F)(F)F. The van der Waals surface area contributed by atoms with Gasteiger partial charge in [0.2, 0.25) is 11.9 Å². The predicted octanol–water partition coefficient (Wildman–Crippen LogP) is 3.86. The van der Waals surface area contributed by atoms with Gasteiger partial charge in [-0.3, -0.25) is 14.9 Å². The minimum absolute atomic E-state index is 0.118. The molecule has 1 aliphatic heterocycles. The molecule has 13 nitrogen and oxygen atoms in total. The molecule has 0 bridgehead atoms. The van der Waals surface area contributed by atoms with E-state index in [4.69, 9.17) is 43.0 Å². The summed E-state index contributed by atoms with van der Waals surface area (Å²) in [6.07, 6.45) is -7.36. The third kappa shape index (κ3) is 16.2. The number of nitrogens with zero attached hydrogens (tertiary/aromatic N) is 3. The van der Waals surface area contributed by atoms with Crippen molar-refractivity contribution < 1.29 is 55.7 Å². The summed E-state index contributed by atoms with van der Waals surface area (Å²) in [6.45, 7) is 2.23. The molecule has 2 heterocycles. The molecular weight excluding hydrogens is 691 g/mol. The number of likely N-dealkylation sites (N-methyl/N-ethyl adjacent to an activating group) is 1. The van der Waals surface area contributed by atoms with Crippen LogP contribution in [0, 0.1) is 0 Å². The third-order valence-electron chi connectivity index (χ3n) is 5.52. The van der Waals surface area contributed by atoms with Crippen molar-refractivity contribution >= 4 is 64.4 Å². The quantitative estimate of drug-likeness (QED) is 0.156. The molecule has 47 heavy (non-hydrogen) atoms. The number of guanidine groups is 1. The van der Waals surface area contributed by atoms with Gasteiger partial charge in [0.1, 0.15) is 11.9 Å². The Morgan fingerprint density at radius 3 is 2.11 bits per heavy atom. The third-order valence-corrected chi connectivity index (χ3v) is 6.26. The van der Waals surface area contributed by atoms with Crippen LogP contribution in [0.1, 0.15) is 12.8 Å². The van der Waals surface area contributed by atoms with Crippen LogP contribution in [-0.2, 0) is 19.2 Å². The van der Waals surface area contributed by atoms with Crippen LogP contribution < -0.4 is 21.3 Å². The number of anilines is 2. The number of aromatic nitrogens is 1. The molecule has 1 aliphatic rings. The Labute approximate surface area is 273 Å². The summed E-state index contributed by atoms with van der Waals surface area (Å²) in [5.74, 6) is -5.00. The van der Waals surface area contributed by atoms with Gasteiger partial charge < -0.3 is 31.1 Å². The van der Waals surface area contributed by atoms with Gasteiger partial charge in [0.05, 0.1) is 16.6 Å². The molecule has 2 amide bonds. The lowest BCUT2D eigenvalue weighted by Gasteiger charge is -2.29. The number of rotatable bonds is 10. The Balaban J connectivity index is 0.000000658. The zero-order chi connectivity index (χ0) is 35.8. The second kappa shape index (κ2) is 19.3. The zero-order valence-electron chi connectivity index (χ0n) is 24.3. The van der Waals surface area contributed by atoms with Crippen molar-refractivity contribution in [3.63, 3.8) is 0 Å². The van der Waals surface area contributed by atoms with E-state index in [1.165, 1.54) is 4.90 Å². The number of aliphatic imine (C=N–C) groups is 1. The van der Waals surface area contributed by atoms with E-state index in [1.54, 1.807) is 37.5 Å². The molecule has 2 aromatic rings. The Kier molecular flexibility index (Phi) is 16.7. The topological polar surface area (TPSA) is 185 Å². The van der Waals surface area contributed by atoms with Gasteiger partial charge in [-0.25, -0.2) is 19.6 Å². The van der Waals surface area contributed by atoms with E-state index in [9.17, 15) is 35.9 Å². The molecule has 1 aromatic carbocycles. The first kappa shape index (κ1) is 40.7. The molecular formula is C26H29Cl2F6N7O6. The second-order valence-corrected chi connectivity index (χ2v) is 9.87. The molecule has 0 radical (unpaired) electrons. The highest BCUT2D eigenvalue weighted by Crippen LogP contribution is 2.24. The van der Waals surface area contributed by atoms with E-state index in [-0.39, 0.29) is 18.4 Å². The Hall–Kier alpha value is -4.36. The van der Waals surface area contributed by atoms with Crippen LogP contribution in [0.2, 0.25) is 10.0 Å². The maximum atomic E-state index is 12.5. The van der Waals surface area contributed by atoms with Gasteiger partial charge in [-0.15, -0.1) is 0 Å². The number of hydrogen-bond acceptors (Lipinski definition) is 9. The van der Waals surface area contributed by atoms with E-state index in [2.05, 4.69) is 31.2 Å². The number of aliphatic carboxylic acids is 2. The van der Waals surface area contributed by atoms with Crippen molar-refractivity contribution in [2.45, 2.75) is 31.2 Å². The minimum Gasteiger partial charge on any atom is -0.475 e. The fraction of sp³-hybridized carbons (Fsp3) is 0.385. The Morgan fingerprint density at radius 1 is 0.979 bits per heavy atom. The van der Waals surface area contributed by atoms with E-state index in [0.29, 0.717) is 34.8 Å². The van der Waals surface area contributed by atoms with E-state index < -0.39 is 30.3 Å². The molecule has 260 valence electrons. The molecule has 0 saturated carbocycles. The second-order valence-electron chi connectivity index (χ2n) is 9.05. The summed E-state index contributed by atoms with van der Waals surface area (Å²) in [6, 6.07) is 10.2. The van der Waals surface area contributed by atoms with Crippen LogP contribution in [0.15, 0.2) is 47.6 Å². The molecule has 1 aromatic heterocycles. The summed E-state index contributed by atoms with van der Waals surface area (Å²) in [4.78, 5) is 52.7. The predicted molar refractivity (Wildman–Crippen MR) is 159 cm³/mol. The van der Waals surface area contributed by atoms with E-state index >= 15 is 0 Å². The summed E-state index contributed by atoms with van der Waals surface area (Å²) in [5.41, 5.74) is 0.910. The van der Waals surface area contributed by atoms with Gasteiger partial charge in [-0.1, -0.05) is 29.3 Å². The molecule has 6 N–H and O–H groups in total. The maximum absolute atomic E-state index is 12.5.